The lowest BCUT2D eigenvalue weighted by Crippen LogP contribution is -2.27. The van der Waals surface area contributed by atoms with Gasteiger partial charge in [0.15, 0.2) is 0 Å². The number of aromatic amines is 2. The Balaban J connectivity index is 1.30. The molecule has 0 saturated heterocycles. The molecule has 8 bridgehead atoms. The fourth-order valence-corrected chi connectivity index (χ4v) is 10.8. The van der Waals surface area contributed by atoms with Gasteiger partial charge in [0.2, 0.25) is 23.6 Å². The molecule has 4 aromatic heterocycles. The molecule has 2 aliphatic rings. The first-order chi connectivity index (χ1) is 43.7. The topological polar surface area (TPSA) is 218 Å². The number of nitrogens with one attached hydrogen (secondary N) is 6. The second-order valence-corrected chi connectivity index (χ2v) is 27.8. The number of fused-ring (bicyclic) bond motifs is 8. The number of carbonyl (C=O) groups is 5. The van der Waals surface area contributed by atoms with Crippen LogP contribution in [0.15, 0.2) is 140 Å². The van der Waals surface area contributed by atoms with E-state index in [1.807, 2.05) is 235 Å². The predicted molar refractivity (Wildman–Crippen MR) is 373 cm³/mol. The Morgan fingerprint density at radius 1 is 0.446 bits per heavy atom. The summed E-state index contributed by atoms with van der Waals surface area (Å²) in [6, 6.07) is 38.4. The number of unbranched alkanes of at least 4 members (excludes halogenated alkanes) is 4. The van der Waals surface area contributed by atoms with Gasteiger partial charge in [0, 0.05) is 142 Å². The number of imidazole rings is 1. The van der Waals surface area contributed by atoms with Crippen molar-refractivity contribution in [3.05, 3.63) is 163 Å². The van der Waals surface area contributed by atoms with Crippen LogP contribution in [0.25, 0.3) is 90.4 Å². The maximum atomic E-state index is 14.2. The van der Waals surface area contributed by atoms with Gasteiger partial charge in [-0.15, -0.1) is 0 Å². The Labute approximate surface area is 538 Å². The van der Waals surface area contributed by atoms with Crippen LogP contribution < -0.4 is 21.3 Å². The number of esters is 1. The second kappa shape index (κ2) is 26.9. The number of carbonyl (C=O) groups excluding carboxylic acids is 5. The van der Waals surface area contributed by atoms with Crippen molar-refractivity contribution in [2.45, 2.75) is 128 Å². The fourth-order valence-electron chi connectivity index (χ4n) is 10.8. The molecule has 0 fully saturated rings. The number of nitrogens with zero attached hydrogens (tertiary/aromatic N) is 4. The lowest BCUT2D eigenvalue weighted by molar-refractivity contribution is -0.142. The zero-order chi connectivity index (χ0) is 65.7. The van der Waals surface area contributed by atoms with Crippen molar-refractivity contribution in [1.82, 2.24) is 29.5 Å². The summed E-state index contributed by atoms with van der Waals surface area (Å²) in [5, 5.41) is 13.0. The highest BCUT2D eigenvalue weighted by Gasteiger charge is 2.31. The second-order valence-electron chi connectivity index (χ2n) is 27.8. The number of ether oxygens (including phenoxy) is 1. The van der Waals surface area contributed by atoms with Crippen LogP contribution in [-0.2, 0) is 35.3 Å². The molecule has 92 heavy (non-hydrogen) atoms. The molecule has 10 rings (SSSR count). The minimum absolute atomic E-state index is 0.168. The van der Waals surface area contributed by atoms with Gasteiger partial charge >= 0.3 is 5.97 Å². The number of H-pyrrole nitrogens is 2. The minimum atomic E-state index is -0.775. The summed E-state index contributed by atoms with van der Waals surface area (Å²) in [7, 11) is 0. The first-order valence-electron chi connectivity index (χ1n) is 31.7. The van der Waals surface area contributed by atoms with E-state index in [9.17, 15) is 24.0 Å². The van der Waals surface area contributed by atoms with Crippen LogP contribution >= 0.6 is 0 Å². The standard InChI is InChI=1S/C76H84N10O6/c1-73(2,3)69(88)82-52-30-21-17-26-48(52)64-56-35-36-57(78-56)65(49-27-18-22-31-53(49)83-70(89)74(4,5)6)59-39-40-61(80-59)67(51-29-20-24-33-55(51)85-72(91)76(10,11)12)68-47(45-92-63(87)34-16-14-13-15-25-42-86-43-41-77-46-86)44-62(81-68)66(60-38-37-58(64)79-60)50-28-19-23-32-54(50)84-71(90)75(7,8)9/h17-24,26-33,35-41,43-44,46,79-80H,13-16,25,34,42,45H2,1-12H3,(H,82,88)(H,83,89)(H,84,90)(H,85,91). The predicted octanol–water partition coefficient (Wildman–Crippen LogP) is 17.4. The van der Waals surface area contributed by atoms with Gasteiger partial charge in [-0.2, -0.15) is 0 Å². The summed E-state index contributed by atoms with van der Waals surface area (Å²) in [5.41, 5.74) is 9.38. The highest BCUT2D eigenvalue weighted by atomic mass is 16.5. The van der Waals surface area contributed by atoms with Crippen molar-refractivity contribution in [1.29, 1.82) is 0 Å². The van der Waals surface area contributed by atoms with Crippen molar-refractivity contribution in [3.63, 3.8) is 0 Å². The molecule has 2 aliphatic heterocycles. The summed E-state index contributed by atoms with van der Waals surface area (Å²) in [4.78, 5) is 93.5. The molecule has 6 heterocycles. The summed E-state index contributed by atoms with van der Waals surface area (Å²) < 4.78 is 8.41. The molecule has 0 atom stereocenters. The largest absolute Gasteiger partial charge is 0.461 e. The van der Waals surface area contributed by atoms with Crippen LogP contribution in [0.1, 0.15) is 144 Å². The van der Waals surface area contributed by atoms with Gasteiger partial charge in [0.1, 0.15) is 6.61 Å². The highest BCUT2D eigenvalue weighted by Crippen LogP contribution is 2.45. The third-order valence-electron chi connectivity index (χ3n) is 16.2. The number of aromatic nitrogens is 6. The van der Waals surface area contributed by atoms with Crippen LogP contribution in [0.3, 0.4) is 0 Å². The number of anilines is 4. The van der Waals surface area contributed by atoms with Gasteiger partial charge < -0.3 is 40.5 Å². The third-order valence-corrected chi connectivity index (χ3v) is 16.2. The average molecular weight is 1230 g/mol. The molecule has 0 unspecified atom stereocenters. The summed E-state index contributed by atoms with van der Waals surface area (Å²) in [6.45, 7) is 23.1. The molecule has 6 N–H and O–H groups in total. The number of rotatable bonds is 18. The Bertz CT molecular complexity index is 4360. The maximum absolute atomic E-state index is 14.2. The Hall–Kier alpha value is -9.96. The van der Waals surface area contributed by atoms with Crippen molar-refractivity contribution in [2.75, 3.05) is 27.9 Å². The number of para-hydroxylation sites is 4. The molecule has 16 heteroatoms. The van der Waals surface area contributed by atoms with Gasteiger partial charge in [-0.25, -0.2) is 15.0 Å². The van der Waals surface area contributed by atoms with Gasteiger partial charge in [0.25, 0.3) is 0 Å². The zero-order valence-electron chi connectivity index (χ0n) is 54.9. The SMILES string of the molecule is CC(C)(C)C(=O)Nc1ccccc1-c1c2nc(c(-c3ccccc3NC(=O)C(C)(C)C)c3ccc([nH]3)c(-c3ccccc3NC(=O)C(C)(C)C)c3nc(c(-c4ccccc4NC(=O)C(C)(C)C)c4ccc1[nH]4)C=C3COC(=O)CCCCCCCn1ccnc1)C=C2. The number of hydrogen-bond acceptors (Lipinski definition) is 9. The van der Waals surface area contributed by atoms with Crippen molar-refractivity contribution >= 4 is 98.2 Å². The number of aryl methyl sites for hydroxylation is 1. The number of amides is 4. The monoisotopic (exact) mass is 1230 g/mol. The van der Waals surface area contributed by atoms with E-state index >= 15 is 0 Å². The van der Waals surface area contributed by atoms with Gasteiger partial charge in [-0.1, -0.05) is 175 Å². The van der Waals surface area contributed by atoms with Crippen molar-refractivity contribution < 1.29 is 28.7 Å². The van der Waals surface area contributed by atoms with E-state index in [4.69, 9.17) is 14.7 Å². The number of benzene rings is 4. The normalized spacial score (nSPS) is 12.5. The van der Waals surface area contributed by atoms with E-state index in [0.29, 0.717) is 124 Å². The summed E-state index contributed by atoms with van der Waals surface area (Å²) in [6.07, 6.45) is 16.2. The first-order valence-corrected chi connectivity index (χ1v) is 31.7. The molecule has 0 aliphatic carbocycles. The van der Waals surface area contributed by atoms with E-state index in [-0.39, 0.29) is 42.6 Å². The van der Waals surface area contributed by atoms with Crippen LogP contribution in [0.5, 0.6) is 0 Å². The molecular formula is C76H84N10O6. The Morgan fingerprint density at radius 3 is 1.22 bits per heavy atom. The van der Waals surface area contributed by atoms with Gasteiger partial charge in [-0.05, 0) is 79.6 Å². The molecular weight excluding hydrogens is 1150 g/mol. The molecule has 0 saturated carbocycles. The molecule has 4 aromatic carbocycles. The summed E-state index contributed by atoms with van der Waals surface area (Å²) >= 11 is 0. The van der Waals surface area contributed by atoms with E-state index in [2.05, 4.69) is 40.8 Å². The third kappa shape index (κ3) is 14.9. The first kappa shape index (κ1) is 65.0. The fraction of sp³-hybridized carbons (Fsp3) is 0.316. The number of hydrogen-bond donors (Lipinski definition) is 6. The van der Waals surface area contributed by atoms with Crippen LogP contribution in [-0.4, -0.2) is 65.7 Å². The zero-order valence-corrected chi connectivity index (χ0v) is 54.9. The van der Waals surface area contributed by atoms with E-state index < -0.39 is 21.7 Å². The van der Waals surface area contributed by atoms with E-state index in [1.165, 1.54) is 0 Å². The lowest BCUT2D eigenvalue weighted by Gasteiger charge is -2.20. The molecule has 0 radical (unpaired) electrons. The van der Waals surface area contributed by atoms with Gasteiger partial charge in [0.05, 0.1) is 29.1 Å². The van der Waals surface area contributed by atoms with E-state index in [0.717, 1.165) is 32.2 Å². The van der Waals surface area contributed by atoms with Crippen LogP contribution in [0.2, 0.25) is 0 Å². The average Bonchev–Trinajstić information content (AvgIpc) is 1.59. The molecule has 474 valence electrons. The van der Waals surface area contributed by atoms with Crippen molar-refractivity contribution in [2.24, 2.45) is 21.7 Å². The molecule has 16 nitrogen and oxygen atoms in total. The molecule has 8 aromatic rings. The molecule has 4 amide bonds. The maximum Gasteiger partial charge on any atom is 0.306 e. The Morgan fingerprint density at radius 2 is 0.815 bits per heavy atom. The lowest BCUT2D eigenvalue weighted by atomic mass is 9.94. The Kier molecular flexibility index (Phi) is 19.0. The van der Waals surface area contributed by atoms with Crippen molar-refractivity contribution in [3.8, 4) is 44.5 Å². The summed E-state index contributed by atoms with van der Waals surface area (Å²) in [5.74, 6) is -1.13. The smallest absolute Gasteiger partial charge is 0.306 e. The van der Waals surface area contributed by atoms with Gasteiger partial charge in [-0.3, -0.25) is 24.0 Å². The quantitative estimate of drug-likeness (QED) is 0.0355. The van der Waals surface area contributed by atoms with Crippen LogP contribution in [0, 0.1) is 21.7 Å². The molecule has 0 spiro atoms. The van der Waals surface area contributed by atoms with Crippen LogP contribution in [0.4, 0.5) is 22.7 Å². The highest BCUT2D eigenvalue weighted by molar-refractivity contribution is 6.09. The van der Waals surface area contributed by atoms with E-state index in [1.54, 1.807) is 6.20 Å². The minimum Gasteiger partial charge on any atom is -0.461 e.